The molecule has 2 aromatic rings. The van der Waals surface area contributed by atoms with Crippen molar-refractivity contribution < 1.29 is 8.78 Å². The summed E-state index contributed by atoms with van der Waals surface area (Å²) in [6.45, 7) is 3.46. The second-order valence-corrected chi connectivity index (χ2v) is 4.61. The maximum Gasteiger partial charge on any atom is 0.164 e. The van der Waals surface area contributed by atoms with E-state index in [1.165, 1.54) is 6.92 Å². The van der Waals surface area contributed by atoms with Gasteiger partial charge in [-0.2, -0.15) is 0 Å². The lowest BCUT2D eigenvalue weighted by molar-refractivity contribution is 0.478. The van der Waals surface area contributed by atoms with Crippen LogP contribution in [0.4, 0.5) is 8.78 Å². The molecule has 0 heterocycles. The number of aryl methyl sites for hydroxylation is 2. The Balaban J connectivity index is 2.51. The Hall–Kier alpha value is -1.78. The van der Waals surface area contributed by atoms with Crippen LogP contribution in [0.15, 0.2) is 36.4 Å². The quantitative estimate of drug-likeness (QED) is 0.658. The molecule has 100 valence electrons. The van der Waals surface area contributed by atoms with Gasteiger partial charge in [-0.25, -0.2) is 14.2 Å². The molecule has 0 aliphatic carbocycles. The van der Waals surface area contributed by atoms with Gasteiger partial charge in [-0.1, -0.05) is 42.0 Å². The SMILES string of the molecule is Cc1cccc(C(NN)c2ccc(C)c(F)c2F)c1. The minimum absolute atomic E-state index is 0.205. The van der Waals surface area contributed by atoms with Gasteiger partial charge >= 0.3 is 0 Å². The first-order valence-electron chi connectivity index (χ1n) is 6.01. The highest BCUT2D eigenvalue weighted by Gasteiger charge is 2.20. The molecule has 2 nitrogen and oxygen atoms in total. The summed E-state index contributed by atoms with van der Waals surface area (Å²) in [5.74, 6) is 3.82. The zero-order chi connectivity index (χ0) is 14.0. The third kappa shape index (κ3) is 2.64. The van der Waals surface area contributed by atoms with Crippen LogP contribution < -0.4 is 11.3 Å². The molecule has 0 fully saturated rings. The standard InChI is InChI=1S/C15H16F2N2/c1-9-4-3-5-11(8-9)15(19-18)12-7-6-10(2)13(16)14(12)17/h3-8,15,19H,18H2,1-2H3. The van der Waals surface area contributed by atoms with Crippen LogP contribution in [0.3, 0.4) is 0 Å². The summed E-state index contributed by atoms with van der Waals surface area (Å²) in [5.41, 5.74) is 4.86. The Kier molecular flexibility index (Phi) is 3.93. The molecule has 1 atom stereocenters. The van der Waals surface area contributed by atoms with Crippen molar-refractivity contribution in [3.63, 3.8) is 0 Å². The van der Waals surface area contributed by atoms with Crippen molar-refractivity contribution in [2.75, 3.05) is 0 Å². The molecule has 0 saturated heterocycles. The van der Waals surface area contributed by atoms with Gasteiger partial charge in [-0.15, -0.1) is 0 Å². The lowest BCUT2D eigenvalue weighted by Gasteiger charge is -2.18. The maximum absolute atomic E-state index is 14.0. The molecule has 0 bridgehead atoms. The van der Waals surface area contributed by atoms with Crippen LogP contribution in [0, 0.1) is 25.5 Å². The molecule has 0 saturated carbocycles. The third-order valence-corrected chi connectivity index (χ3v) is 3.16. The molecular weight excluding hydrogens is 246 g/mol. The van der Waals surface area contributed by atoms with Crippen LogP contribution in [0.1, 0.15) is 28.3 Å². The molecule has 4 heteroatoms. The highest BCUT2D eigenvalue weighted by Crippen LogP contribution is 2.26. The first-order valence-corrected chi connectivity index (χ1v) is 6.01. The Morgan fingerprint density at radius 3 is 2.42 bits per heavy atom. The second-order valence-electron chi connectivity index (χ2n) is 4.61. The summed E-state index contributed by atoms with van der Waals surface area (Å²) in [7, 11) is 0. The predicted octanol–water partition coefficient (Wildman–Crippen LogP) is 3.13. The van der Waals surface area contributed by atoms with E-state index in [0.29, 0.717) is 0 Å². The molecule has 2 rings (SSSR count). The second kappa shape index (κ2) is 5.47. The van der Waals surface area contributed by atoms with Crippen LogP contribution in [0.25, 0.3) is 0 Å². The van der Waals surface area contributed by atoms with Gasteiger partial charge in [0.2, 0.25) is 0 Å². The highest BCUT2D eigenvalue weighted by molar-refractivity contribution is 5.36. The Morgan fingerprint density at radius 2 is 1.79 bits per heavy atom. The highest BCUT2D eigenvalue weighted by atomic mass is 19.2. The number of rotatable bonds is 3. The van der Waals surface area contributed by atoms with Crippen molar-refractivity contribution in [3.05, 3.63) is 70.3 Å². The summed E-state index contributed by atoms with van der Waals surface area (Å²) in [6.07, 6.45) is 0. The number of hydrogen-bond donors (Lipinski definition) is 2. The van der Waals surface area contributed by atoms with E-state index in [1.54, 1.807) is 12.1 Å². The molecule has 0 radical (unpaired) electrons. The van der Waals surface area contributed by atoms with Crippen LogP contribution in [-0.2, 0) is 0 Å². The molecule has 0 spiro atoms. The number of hydrazine groups is 1. The van der Waals surface area contributed by atoms with Crippen LogP contribution in [0.5, 0.6) is 0 Å². The molecule has 19 heavy (non-hydrogen) atoms. The molecule has 1 unspecified atom stereocenters. The predicted molar refractivity (Wildman–Crippen MR) is 71.4 cm³/mol. The zero-order valence-corrected chi connectivity index (χ0v) is 10.9. The van der Waals surface area contributed by atoms with Gasteiger partial charge in [-0.05, 0) is 25.0 Å². The van der Waals surface area contributed by atoms with Gasteiger partial charge in [0.1, 0.15) is 0 Å². The van der Waals surface area contributed by atoms with E-state index in [2.05, 4.69) is 5.43 Å². The molecule has 0 amide bonds. The topological polar surface area (TPSA) is 38.0 Å². The molecule has 0 aliphatic heterocycles. The van der Waals surface area contributed by atoms with Crippen LogP contribution in [-0.4, -0.2) is 0 Å². The van der Waals surface area contributed by atoms with E-state index in [4.69, 9.17) is 5.84 Å². The average Bonchev–Trinajstić information content (AvgIpc) is 2.40. The van der Waals surface area contributed by atoms with Gasteiger partial charge in [0, 0.05) is 5.56 Å². The minimum Gasteiger partial charge on any atom is -0.271 e. The summed E-state index contributed by atoms with van der Waals surface area (Å²) in [6, 6.07) is 10.0. The fourth-order valence-electron chi connectivity index (χ4n) is 2.10. The normalized spacial score (nSPS) is 12.5. The summed E-state index contributed by atoms with van der Waals surface area (Å²) < 4.78 is 27.7. The Labute approximate surface area is 111 Å². The largest absolute Gasteiger partial charge is 0.271 e. The average molecular weight is 262 g/mol. The van der Waals surface area contributed by atoms with Crippen molar-refractivity contribution in [3.8, 4) is 0 Å². The van der Waals surface area contributed by atoms with Crippen molar-refractivity contribution >= 4 is 0 Å². The number of nitrogens with one attached hydrogen (secondary N) is 1. The van der Waals surface area contributed by atoms with Gasteiger partial charge in [0.25, 0.3) is 0 Å². The van der Waals surface area contributed by atoms with E-state index < -0.39 is 17.7 Å². The van der Waals surface area contributed by atoms with Gasteiger partial charge in [0.05, 0.1) is 6.04 Å². The molecule has 3 N–H and O–H groups in total. The lowest BCUT2D eigenvalue weighted by atomic mass is 9.96. The van der Waals surface area contributed by atoms with E-state index in [-0.39, 0.29) is 11.1 Å². The van der Waals surface area contributed by atoms with E-state index in [9.17, 15) is 8.78 Å². The Bertz CT molecular complexity index is 597. The molecule has 0 aliphatic rings. The number of hydrogen-bond acceptors (Lipinski definition) is 2. The number of halogens is 2. The van der Waals surface area contributed by atoms with E-state index in [1.807, 2.05) is 31.2 Å². The van der Waals surface area contributed by atoms with Gasteiger partial charge < -0.3 is 0 Å². The molecule has 2 aromatic carbocycles. The summed E-state index contributed by atoms with van der Waals surface area (Å²) in [4.78, 5) is 0. The molecular formula is C15H16F2N2. The van der Waals surface area contributed by atoms with E-state index >= 15 is 0 Å². The fourth-order valence-corrected chi connectivity index (χ4v) is 2.10. The fraction of sp³-hybridized carbons (Fsp3) is 0.200. The Morgan fingerprint density at radius 1 is 1.05 bits per heavy atom. The number of nitrogens with two attached hydrogens (primary N) is 1. The zero-order valence-electron chi connectivity index (χ0n) is 10.9. The van der Waals surface area contributed by atoms with Gasteiger partial charge in [0.15, 0.2) is 11.6 Å². The van der Waals surface area contributed by atoms with Crippen LogP contribution in [0.2, 0.25) is 0 Å². The maximum atomic E-state index is 14.0. The number of benzene rings is 2. The first kappa shape index (κ1) is 13.6. The smallest absolute Gasteiger partial charge is 0.164 e. The van der Waals surface area contributed by atoms with Crippen molar-refractivity contribution in [1.29, 1.82) is 0 Å². The van der Waals surface area contributed by atoms with Crippen molar-refractivity contribution in [1.82, 2.24) is 5.43 Å². The van der Waals surface area contributed by atoms with Crippen molar-refractivity contribution in [2.24, 2.45) is 5.84 Å². The van der Waals surface area contributed by atoms with Crippen molar-refractivity contribution in [2.45, 2.75) is 19.9 Å². The first-order chi connectivity index (χ1) is 9.04. The van der Waals surface area contributed by atoms with Crippen LogP contribution >= 0.6 is 0 Å². The van der Waals surface area contributed by atoms with Gasteiger partial charge in [-0.3, -0.25) is 5.84 Å². The molecule has 0 aromatic heterocycles. The monoisotopic (exact) mass is 262 g/mol. The third-order valence-electron chi connectivity index (χ3n) is 3.16. The minimum atomic E-state index is -0.857. The lowest BCUT2D eigenvalue weighted by Crippen LogP contribution is -2.29. The summed E-state index contributed by atoms with van der Waals surface area (Å²) in [5, 5.41) is 0. The summed E-state index contributed by atoms with van der Waals surface area (Å²) >= 11 is 0. The van der Waals surface area contributed by atoms with E-state index in [0.717, 1.165) is 11.1 Å².